The second-order valence-corrected chi connectivity index (χ2v) is 11.3. The summed E-state index contributed by atoms with van der Waals surface area (Å²) in [4.78, 5) is 47.6. The summed E-state index contributed by atoms with van der Waals surface area (Å²) in [6.07, 6.45) is 3.84. The number of imidazole rings is 1. The van der Waals surface area contributed by atoms with E-state index in [9.17, 15) is 19.5 Å². The van der Waals surface area contributed by atoms with Gasteiger partial charge in [-0.3, -0.25) is 14.3 Å². The van der Waals surface area contributed by atoms with Crippen molar-refractivity contribution in [2.75, 3.05) is 13.1 Å². The van der Waals surface area contributed by atoms with Gasteiger partial charge in [-0.2, -0.15) is 10.1 Å². The van der Waals surface area contributed by atoms with E-state index in [1.54, 1.807) is 48.1 Å². The molecule has 0 bridgehead atoms. The monoisotopic (exact) mass is 553 g/mol. The van der Waals surface area contributed by atoms with Gasteiger partial charge in [-0.05, 0) is 75.9 Å². The molecule has 0 saturated carbocycles. The van der Waals surface area contributed by atoms with Crippen LogP contribution in [0.1, 0.15) is 75.1 Å². The molecule has 3 heterocycles. The van der Waals surface area contributed by atoms with Crippen molar-refractivity contribution in [1.29, 1.82) is 0 Å². The smallest absolute Gasteiger partial charge is 0.336 e. The first-order valence-electron chi connectivity index (χ1n) is 13.7. The highest BCUT2D eigenvalue weighted by Crippen LogP contribution is 2.46. The number of nitrogens with one attached hydrogen (secondary N) is 1. The van der Waals surface area contributed by atoms with Gasteiger partial charge in [0.1, 0.15) is 11.4 Å². The summed E-state index contributed by atoms with van der Waals surface area (Å²) in [5, 5.41) is 13.8. The van der Waals surface area contributed by atoms with Gasteiger partial charge in [0, 0.05) is 41.2 Å². The van der Waals surface area contributed by atoms with Gasteiger partial charge in [0.05, 0.1) is 22.8 Å². The molecule has 2 aromatic carbocycles. The van der Waals surface area contributed by atoms with Crippen LogP contribution in [0.4, 0.5) is 0 Å². The molecule has 2 aliphatic rings. The van der Waals surface area contributed by atoms with Gasteiger partial charge in [0.15, 0.2) is 0 Å². The van der Waals surface area contributed by atoms with Gasteiger partial charge in [0.25, 0.3) is 11.9 Å². The minimum absolute atomic E-state index is 0.0373. The topological polar surface area (TPSA) is 130 Å². The SMILES string of the molecule is C=C1C(=O)c2c(cnn2C(C)C)CC12CCN(C(=O)c1ccc3nc(Oc4ccc(C)c(C(=O)O)c4)[nH]c3c1)CC2. The predicted octanol–water partition coefficient (Wildman–Crippen LogP) is 5.36. The summed E-state index contributed by atoms with van der Waals surface area (Å²) in [7, 11) is 0. The zero-order valence-corrected chi connectivity index (χ0v) is 23.2. The van der Waals surface area contributed by atoms with Crippen LogP contribution in [0.15, 0.2) is 54.7 Å². The fourth-order valence-electron chi connectivity index (χ4n) is 6.00. The van der Waals surface area contributed by atoms with Crippen molar-refractivity contribution < 1.29 is 24.2 Å². The maximum Gasteiger partial charge on any atom is 0.336 e. The number of aromatic carboxylic acids is 1. The summed E-state index contributed by atoms with van der Waals surface area (Å²) in [5.74, 6) is -0.818. The average molecular weight is 554 g/mol. The predicted molar refractivity (Wildman–Crippen MR) is 152 cm³/mol. The van der Waals surface area contributed by atoms with Crippen LogP contribution in [0.5, 0.6) is 11.8 Å². The lowest BCUT2D eigenvalue weighted by atomic mass is 9.64. The Morgan fingerprint density at radius 3 is 2.61 bits per heavy atom. The van der Waals surface area contributed by atoms with Crippen LogP contribution in [-0.2, 0) is 6.42 Å². The van der Waals surface area contributed by atoms with Crippen molar-refractivity contribution >= 4 is 28.7 Å². The molecule has 1 saturated heterocycles. The number of H-pyrrole nitrogens is 1. The number of aromatic nitrogens is 4. The van der Waals surface area contributed by atoms with Gasteiger partial charge in [-0.1, -0.05) is 12.6 Å². The van der Waals surface area contributed by atoms with Crippen molar-refractivity contribution in [2.24, 2.45) is 5.41 Å². The van der Waals surface area contributed by atoms with E-state index in [4.69, 9.17) is 4.74 Å². The number of fused-ring (bicyclic) bond motifs is 2. The molecule has 2 N–H and O–H groups in total. The van der Waals surface area contributed by atoms with E-state index in [-0.39, 0.29) is 34.7 Å². The number of hydrogen-bond donors (Lipinski definition) is 2. The van der Waals surface area contributed by atoms with Crippen LogP contribution in [0.25, 0.3) is 11.0 Å². The number of amides is 1. The Bertz CT molecular complexity index is 1740. The second kappa shape index (κ2) is 9.72. The number of carbonyl (C=O) groups excluding carboxylic acids is 2. The molecular weight excluding hydrogens is 522 g/mol. The normalized spacial score (nSPS) is 16.4. The van der Waals surface area contributed by atoms with E-state index in [0.717, 1.165) is 5.56 Å². The molecule has 0 unspecified atom stereocenters. The van der Waals surface area contributed by atoms with Crippen molar-refractivity contribution in [3.05, 3.63) is 82.7 Å². The molecule has 10 nitrogen and oxygen atoms in total. The number of likely N-dealkylation sites (tertiary alicyclic amines) is 1. The van der Waals surface area contributed by atoms with Gasteiger partial charge >= 0.3 is 5.97 Å². The molecule has 1 fully saturated rings. The zero-order chi connectivity index (χ0) is 29.1. The van der Waals surface area contributed by atoms with E-state index >= 15 is 0 Å². The lowest BCUT2D eigenvalue weighted by Crippen LogP contribution is -2.47. The van der Waals surface area contributed by atoms with Gasteiger partial charge in [-0.25, -0.2) is 4.79 Å². The number of piperidine rings is 1. The Kier molecular flexibility index (Phi) is 6.28. The standard InChI is InChI=1S/C31H31N5O5/c1-17(2)36-26-21(16-32-36)15-31(19(4)27(26)37)9-11-35(12-10-31)28(38)20-6-8-24-25(13-20)34-30(33-24)41-22-7-5-18(3)23(14-22)29(39)40/h5-8,13-14,16-17H,4,9-12,15H2,1-3H3,(H,33,34)(H,39,40). The molecule has 0 radical (unpaired) electrons. The molecule has 1 spiro atoms. The van der Waals surface area contributed by atoms with E-state index in [2.05, 4.69) is 21.6 Å². The number of aryl methyl sites for hydroxylation is 1. The molecule has 4 aromatic rings. The van der Waals surface area contributed by atoms with Crippen molar-refractivity contribution in [1.82, 2.24) is 24.6 Å². The number of ether oxygens (including phenoxy) is 1. The molecule has 0 atom stereocenters. The molecule has 1 amide bonds. The van der Waals surface area contributed by atoms with E-state index in [1.165, 1.54) is 6.07 Å². The first kappa shape index (κ1) is 26.5. The van der Waals surface area contributed by atoms with Crippen LogP contribution in [-0.4, -0.2) is 60.5 Å². The number of carboxylic acids is 1. The van der Waals surface area contributed by atoms with E-state index in [1.807, 2.05) is 18.7 Å². The summed E-state index contributed by atoms with van der Waals surface area (Å²) >= 11 is 0. The number of aromatic amines is 1. The van der Waals surface area contributed by atoms with Crippen LogP contribution < -0.4 is 4.74 Å². The maximum absolute atomic E-state index is 13.5. The number of benzene rings is 2. The Labute approximate surface area is 236 Å². The van der Waals surface area contributed by atoms with E-state index in [0.29, 0.717) is 71.5 Å². The molecule has 6 rings (SSSR count). The van der Waals surface area contributed by atoms with Crippen molar-refractivity contribution in [3.8, 4) is 11.8 Å². The zero-order valence-electron chi connectivity index (χ0n) is 23.2. The fraction of sp³-hybridized carbons (Fsp3) is 0.323. The maximum atomic E-state index is 13.5. The molecule has 2 aromatic heterocycles. The minimum atomic E-state index is -1.03. The quantitative estimate of drug-likeness (QED) is 0.318. The highest BCUT2D eigenvalue weighted by molar-refractivity contribution is 6.10. The van der Waals surface area contributed by atoms with Crippen LogP contribution in [0, 0.1) is 12.3 Å². The largest absolute Gasteiger partial charge is 0.478 e. The first-order valence-corrected chi connectivity index (χ1v) is 13.7. The molecule has 1 aliphatic carbocycles. The summed E-state index contributed by atoms with van der Waals surface area (Å²) in [5.41, 5.74) is 4.43. The number of ketones is 1. The number of allylic oxidation sites excluding steroid dienone is 1. The van der Waals surface area contributed by atoms with Gasteiger partial charge in [-0.15, -0.1) is 0 Å². The Morgan fingerprint density at radius 1 is 1.15 bits per heavy atom. The molecule has 1 aliphatic heterocycles. The first-order chi connectivity index (χ1) is 19.6. The summed E-state index contributed by atoms with van der Waals surface area (Å²) in [6.45, 7) is 11.0. The summed E-state index contributed by atoms with van der Waals surface area (Å²) in [6, 6.07) is 10.3. The van der Waals surface area contributed by atoms with Gasteiger partial charge in [0.2, 0.25) is 5.78 Å². The third-order valence-electron chi connectivity index (χ3n) is 8.39. The van der Waals surface area contributed by atoms with Crippen molar-refractivity contribution in [2.45, 2.75) is 46.1 Å². The highest BCUT2D eigenvalue weighted by Gasteiger charge is 2.46. The minimum Gasteiger partial charge on any atom is -0.478 e. The molecular formula is C31H31N5O5. The Morgan fingerprint density at radius 2 is 1.90 bits per heavy atom. The van der Waals surface area contributed by atoms with Crippen LogP contribution in [0.2, 0.25) is 0 Å². The van der Waals surface area contributed by atoms with Crippen LogP contribution >= 0.6 is 0 Å². The lowest BCUT2D eigenvalue weighted by Gasteiger charge is -2.44. The fourth-order valence-corrected chi connectivity index (χ4v) is 6.00. The number of Topliss-reactive ketones (excluding diaryl/α,β-unsaturated/α-hetero) is 1. The third-order valence-corrected chi connectivity index (χ3v) is 8.39. The van der Waals surface area contributed by atoms with Gasteiger partial charge < -0.3 is 19.7 Å². The highest BCUT2D eigenvalue weighted by atomic mass is 16.5. The number of carbonyl (C=O) groups is 3. The second-order valence-electron chi connectivity index (χ2n) is 11.3. The van der Waals surface area contributed by atoms with Crippen LogP contribution in [0.3, 0.4) is 0 Å². The van der Waals surface area contributed by atoms with Crippen molar-refractivity contribution in [3.63, 3.8) is 0 Å². The number of nitrogens with zero attached hydrogens (tertiary/aromatic N) is 4. The van der Waals surface area contributed by atoms with E-state index < -0.39 is 5.97 Å². The number of rotatable bonds is 5. The molecule has 41 heavy (non-hydrogen) atoms. The number of carboxylic acid groups (broad SMARTS) is 1. The number of hydrogen-bond acceptors (Lipinski definition) is 6. The lowest BCUT2D eigenvalue weighted by molar-refractivity contribution is 0.0610. The summed E-state index contributed by atoms with van der Waals surface area (Å²) < 4.78 is 7.56. The molecule has 10 heteroatoms. The average Bonchev–Trinajstić information content (AvgIpc) is 3.56. The molecule has 210 valence electrons. The Hall–Kier alpha value is -4.73. The Balaban J connectivity index is 1.16. The third kappa shape index (κ3) is 4.49.